The van der Waals surface area contributed by atoms with Gasteiger partial charge in [0.25, 0.3) is 0 Å². The minimum Gasteiger partial charge on any atom is -0.495 e. The predicted molar refractivity (Wildman–Crippen MR) is 119 cm³/mol. The molecular weight excluding hydrogens is 422 g/mol. The number of benzene rings is 2. The van der Waals surface area contributed by atoms with E-state index in [0.717, 1.165) is 23.4 Å². The van der Waals surface area contributed by atoms with Crippen molar-refractivity contribution in [3.63, 3.8) is 0 Å². The molecule has 1 saturated heterocycles. The molecule has 1 unspecified atom stereocenters. The highest BCUT2D eigenvalue weighted by Gasteiger charge is 2.36. The molecule has 30 heavy (non-hydrogen) atoms. The maximum Gasteiger partial charge on any atom is 0.227 e. The Morgan fingerprint density at radius 3 is 2.97 bits per heavy atom. The molecule has 6 nitrogen and oxygen atoms in total. The van der Waals surface area contributed by atoms with E-state index >= 15 is 0 Å². The summed E-state index contributed by atoms with van der Waals surface area (Å²) in [4.78, 5) is 31.3. The van der Waals surface area contributed by atoms with E-state index in [4.69, 9.17) is 16.3 Å². The van der Waals surface area contributed by atoms with Crippen LogP contribution in [0.5, 0.6) is 5.75 Å². The molecule has 1 aliphatic heterocycles. The maximum absolute atomic E-state index is 12.6. The van der Waals surface area contributed by atoms with Crippen molar-refractivity contribution < 1.29 is 14.3 Å². The fourth-order valence-electron chi connectivity index (χ4n) is 3.61. The van der Waals surface area contributed by atoms with Gasteiger partial charge in [0, 0.05) is 31.0 Å². The molecule has 1 aliphatic rings. The van der Waals surface area contributed by atoms with Gasteiger partial charge in [-0.2, -0.15) is 0 Å². The average molecular weight is 444 g/mol. The summed E-state index contributed by atoms with van der Waals surface area (Å²) in [6.45, 7) is 0.874. The Labute approximate surface area is 183 Å². The van der Waals surface area contributed by atoms with Crippen molar-refractivity contribution in [2.75, 3.05) is 25.1 Å². The van der Waals surface area contributed by atoms with Crippen LogP contribution in [0.2, 0.25) is 5.02 Å². The third-order valence-electron chi connectivity index (χ3n) is 5.13. The van der Waals surface area contributed by atoms with E-state index in [1.54, 1.807) is 41.5 Å². The van der Waals surface area contributed by atoms with Crippen LogP contribution in [0, 0.1) is 5.92 Å². The van der Waals surface area contributed by atoms with Gasteiger partial charge in [0.1, 0.15) is 5.75 Å². The van der Waals surface area contributed by atoms with Gasteiger partial charge in [0.05, 0.1) is 33.9 Å². The molecule has 4 rings (SSSR count). The second kappa shape index (κ2) is 9.02. The average Bonchev–Trinajstić information content (AvgIpc) is 3.34. The topological polar surface area (TPSA) is 71.5 Å². The van der Waals surface area contributed by atoms with Crippen LogP contribution in [0.4, 0.5) is 5.69 Å². The Hall–Kier alpha value is -2.64. The van der Waals surface area contributed by atoms with Crippen LogP contribution in [-0.2, 0) is 16.0 Å². The van der Waals surface area contributed by atoms with Gasteiger partial charge >= 0.3 is 0 Å². The van der Waals surface area contributed by atoms with E-state index in [-0.39, 0.29) is 24.2 Å². The van der Waals surface area contributed by atoms with Crippen LogP contribution in [0.15, 0.2) is 42.5 Å². The number of methoxy groups -OCH3 is 1. The smallest absolute Gasteiger partial charge is 0.227 e. The normalized spacial score (nSPS) is 16.3. The van der Waals surface area contributed by atoms with Gasteiger partial charge in [0.15, 0.2) is 0 Å². The van der Waals surface area contributed by atoms with Crippen molar-refractivity contribution in [3.8, 4) is 5.75 Å². The van der Waals surface area contributed by atoms with Crippen molar-refractivity contribution in [1.82, 2.24) is 10.3 Å². The van der Waals surface area contributed by atoms with Gasteiger partial charge < -0.3 is 15.0 Å². The number of hydrogen-bond donors (Lipinski definition) is 1. The van der Waals surface area contributed by atoms with Crippen LogP contribution >= 0.6 is 22.9 Å². The van der Waals surface area contributed by atoms with Crippen molar-refractivity contribution in [2.24, 2.45) is 5.92 Å². The largest absolute Gasteiger partial charge is 0.495 e. The van der Waals surface area contributed by atoms with Gasteiger partial charge in [0.2, 0.25) is 11.8 Å². The minimum absolute atomic E-state index is 0.101. The first-order chi connectivity index (χ1) is 14.5. The standard InChI is InChI=1S/C22H22ClN3O3S/c1-29-18-9-8-15(23)12-17(18)26-13-14(11-21(26)27)22(28)24-10-4-7-20-25-16-5-2-3-6-19(16)30-20/h2-3,5-6,8-9,12,14H,4,7,10-11,13H2,1H3,(H,24,28). The molecule has 1 aromatic heterocycles. The number of rotatable bonds is 7. The molecule has 0 saturated carbocycles. The first-order valence-electron chi connectivity index (χ1n) is 9.81. The second-order valence-electron chi connectivity index (χ2n) is 7.19. The summed E-state index contributed by atoms with van der Waals surface area (Å²) in [5.74, 6) is -0.0328. The fraction of sp³-hybridized carbons (Fsp3) is 0.318. The highest BCUT2D eigenvalue weighted by molar-refractivity contribution is 7.18. The number of amides is 2. The Bertz CT molecular complexity index is 1050. The molecule has 156 valence electrons. The number of ether oxygens (including phenoxy) is 1. The molecule has 0 aliphatic carbocycles. The van der Waals surface area contributed by atoms with Crippen molar-refractivity contribution >= 4 is 50.7 Å². The van der Waals surface area contributed by atoms with Crippen molar-refractivity contribution in [2.45, 2.75) is 19.3 Å². The lowest BCUT2D eigenvalue weighted by molar-refractivity contribution is -0.126. The van der Waals surface area contributed by atoms with E-state index in [1.807, 2.05) is 18.2 Å². The first kappa shape index (κ1) is 20.6. The van der Waals surface area contributed by atoms with E-state index < -0.39 is 0 Å². The number of thiazole rings is 1. The number of aryl methyl sites for hydroxylation is 1. The van der Waals surface area contributed by atoms with Gasteiger partial charge in [-0.1, -0.05) is 23.7 Å². The zero-order valence-electron chi connectivity index (χ0n) is 16.6. The Morgan fingerprint density at radius 2 is 2.17 bits per heavy atom. The lowest BCUT2D eigenvalue weighted by Gasteiger charge is -2.19. The van der Waals surface area contributed by atoms with Crippen LogP contribution in [0.25, 0.3) is 10.2 Å². The Kier molecular flexibility index (Phi) is 6.20. The Balaban J connectivity index is 1.30. The predicted octanol–water partition coefficient (Wildman–Crippen LogP) is 4.06. The molecule has 2 aromatic carbocycles. The highest BCUT2D eigenvalue weighted by Crippen LogP contribution is 2.35. The number of fused-ring (bicyclic) bond motifs is 1. The maximum atomic E-state index is 12.6. The molecular formula is C22H22ClN3O3S. The molecule has 2 heterocycles. The van der Waals surface area contributed by atoms with Crippen molar-refractivity contribution in [3.05, 3.63) is 52.5 Å². The number of carbonyl (C=O) groups is 2. The molecule has 8 heteroatoms. The number of hydrogen-bond acceptors (Lipinski definition) is 5. The lowest BCUT2D eigenvalue weighted by Crippen LogP contribution is -2.33. The number of para-hydroxylation sites is 1. The summed E-state index contributed by atoms with van der Waals surface area (Å²) < 4.78 is 6.52. The van der Waals surface area contributed by atoms with Crippen LogP contribution < -0.4 is 15.0 Å². The summed E-state index contributed by atoms with van der Waals surface area (Å²) in [7, 11) is 1.54. The summed E-state index contributed by atoms with van der Waals surface area (Å²) in [6, 6.07) is 13.2. The summed E-state index contributed by atoms with van der Waals surface area (Å²) >= 11 is 7.77. The molecule has 0 spiro atoms. The number of nitrogens with one attached hydrogen (secondary N) is 1. The number of halogens is 1. The number of aromatic nitrogens is 1. The molecule has 1 N–H and O–H groups in total. The molecule has 0 radical (unpaired) electrons. The zero-order valence-corrected chi connectivity index (χ0v) is 18.1. The summed E-state index contributed by atoms with van der Waals surface area (Å²) in [5.41, 5.74) is 1.61. The fourth-order valence-corrected chi connectivity index (χ4v) is 4.79. The SMILES string of the molecule is COc1ccc(Cl)cc1N1CC(C(=O)NCCCc2nc3ccccc3s2)CC1=O. The molecule has 1 fully saturated rings. The number of nitrogens with zero attached hydrogens (tertiary/aromatic N) is 2. The summed E-state index contributed by atoms with van der Waals surface area (Å²) in [6.07, 6.45) is 1.80. The molecule has 0 bridgehead atoms. The summed E-state index contributed by atoms with van der Waals surface area (Å²) in [5, 5.41) is 4.55. The van der Waals surface area contributed by atoms with Crippen LogP contribution in [0.3, 0.4) is 0 Å². The molecule has 3 aromatic rings. The first-order valence-corrected chi connectivity index (χ1v) is 11.0. The van der Waals surface area contributed by atoms with Gasteiger partial charge in [-0.15, -0.1) is 11.3 Å². The molecule has 2 amide bonds. The number of carbonyl (C=O) groups excluding carboxylic acids is 2. The quantitative estimate of drug-likeness (QED) is 0.559. The molecule has 1 atom stereocenters. The third-order valence-corrected chi connectivity index (χ3v) is 6.46. The highest BCUT2D eigenvalue weighted by atomic mass is 35.5. The van der Waals surface area contributed by atoms with Crippen molar-refractivity contribution in [1.29, 1.82) is 0 Å². The monoisotopic (exact) mass is 443 g/mol. The minimum atomic E-state index is -0.386. The van der Waals surface area contributed by atoms with Gasteiger partial charge in [-0.25, -0.2) is 4.98 Å². The van der Waals surface area contributed by atoms with Gasteiger partial charge in [-0.05, 0) is 36.8 Å². The van der Waals surface area contributed by atoms with E-state index in [0.29, 0.717) is 29.5 Å². The third kappa shape index (κ3) is 4.42. The van der Waals surface area contributed by atoms with E-state index in [2.05, 4.69) is 16.4 Å². The zero-order chi connectivity index (χ0) is 21.1. The second-order valence-corrected chi connectivity index (χ2v) is 8.74. The van der Waals surface area contributed by atoms with Crippen LogP contribution in [-0.4, -0.2) is 37.0 Å². The van der Waals surface area contributed by atoms with E-state index in [9.17, 15) is 9.59 Å². The van der Waals surface area contributed by atoms with E-state index in [1.165, 1.54) is 4.70 Å². The van der Waals surface area contributed by atoms with Crippen LogP contribution in [0.1, 0.15) is 17.8 Å². The number of anilines is 1. The van der Waals surface area contributed by atoms with Gasteiger partial charge in [-0.3, -0.25) is 9.59 Å². The Morgan fingerprint density at radius 1 is 1.33 bits per heavy atom. The lowest BCUT2D eigenvalue weighted by atomic mass is 10.1.